The zero-order valence-electron chi connectivity index (χ0n) is 14.1. The van der Waals surface area contributed by atoms with Crippen LogP contribution < -0.4 is 5.32 Å². The summed E-state index contributed by atoms with van der Waals surface area (Å²) in [6, 6.07) is 9.97. The molecule has 1 N–H and O–H groups in total. The molecule has 1 heterocycles. The van der Waals surface area contributed by atoms with E-state index in [0.29, 0.717) is 13.0 Å². The number of rotatable bonds is 3. The van der Waals surface area contributed by atoms with Gasteiger partial charge < -0.3 is 15.0 Å². The number of amides is 2. The van der Waals surface area contributed by atoms with Gasteiger partial charge in [0.15, 0.2) is 0 Å². The number of piperidine rings is 1. The first-order valence-corrected chi connectivity index (χ1v) is 8.10. The molecule has 0 bridgehead atoms. The lowest BCUT2D eigenvalue weighted by Crippen LogP contribution is -2.48. The van der Waals surface area contributed by atoms with E-state index in [4.69, 9.17) is 4.74 Å². The van der Waals surface area contributed by atoms with Crippen LogP contribution in [0.3, 0.4) is 0 Å². The van der Waals surface area contributed by atoms with Crippen LogP contribution in [0.15, 0.2) is 30.3 Å². The van der Waals surface area contributed by atoms with Crippen LogP contribution in [0, 0.1) is 5.92 Å². The van der Waals surface area contributed by atoms with E-state index in [9.17, 15) is 9.59 Å². The molecule has 23 heavy (non-hydrogen) atoms. The molecule has 1 aliphatic carbocycles. The lowest BCUT2D eigenvalue weighted by molar-refractivity contribution is -0.133. The van der Waals surface area contributed by atoms with Gasteiger partial charge in [-0.25, -0.2) is 4.79 Å². The van der Waals surface area contributed by atoms with Crippen LogP contribution in [0.1, 0.15) is 45.7 Å². The molecule has 5 nitrogen and oxygen atoms in total. The fourth-order valence-electron chi connectivity index (χ4n) is 3.33. The fraction of sp³-hybridized carbons (Fsp3) is 0.556. The SMILES string of the molecule is C[C@@H](c1ccccc1)N1C[C@H]2C[C@@]2(NC(=O)OC(C)(C)C)C1=O. The molecule has 2 amide bonds. The molecule has 1 aliphatic heterocycles. The van der Waals surface area contributed by atoms with Crippen molar-refractivity contribution in [3.63, 3.8) is 0 Å². The quantitative estimate of drug-likeness (QED) is 0.933. The van der Waals surface area contributed by atoms with Crippen molar-refractivity contribution in [3.8, 4) is 0 Å². The number of alkyl carbamates (subject to hydrolysis) is 1. The maximum Gasteiger partial charge on any atom is 0.408 e. The van der Waals surface area contributed by atoms with Crippen LogP contribution in [0.2, 0.25) is 0 Å². The lowest BCUT2D eigenvalue weighted by Gasteiger charge is -2.28. The number of nitrogens with one attached hydrogen (secondary N) is 1. The van der Waals surface area contributed by atoms with Gasteiger partial charge in [0.2, 0.25) is 5.91 Å². The van der Waals surface area contributed by atoms with Crippen LogP contribution in [0.4, 0.5) is 4.79 Å². The molecular weight excluding hydrogens is 292 g/mol. The molecule has 5 heteroatoms. The average Bonchev–Trinajstić information content (AvgIpc) is 3.09. The monoisotopic (exact) mass is 316 g/mol. The van der Waals surface area contributed by atoms with Crippen molar-refractivity contribution in [1.82, 2.24) is 10.2 Å². The Labute approximate surface area is 137 Å². The van der Waals surface area contributed by atoms with Gasteiger partial charge >= 0.3 is 6.09 Å². The number of hydrogen-bond donors (Lipinski definition) is 1. The van der Waals surface area contributed by atoms with Crippen LogP contribution >= 0.6 is 0 Å². The van der Waals surface area contributed by atoms with Crippen molar-refractivity contribution in [1.29, 1.82) is 0 Å². The first kappa shape index (κ1) is 15.8. The van der Waals surface area contributed by atoms with E-state index in [1.165, 1.54) is 0 Å². The molecule has 3 rings (SSSR count). The summed E-state index contributed by atoms with van der Waals surface area (Å²) in [7, 11) is 0. The van der Waals surface area contributed by atoms with E-state index in [1.807, 2.05) is 62.9 Å². The van der Waals surface area contributed by atoms with Gasteiger partial charge in [-0.15, -0.1) is 0 Å². The van der Waals surface area contributed by atoms with Gasteiger partial charge in [0.1, 0.15) is 11.1 Å². The Morgan fingerprint density at radius 3 is 2.61 bits per heavy atom. The predicted molar refractivity (Wildman–Crippen MR) is 86.8 cm³/mol. The van der Waals surface area contributed by atoms with Crippen molar-refractivity contribution in [2.24, 2.45) is 5.92 Å². The summed E-state index contributed by atoms with van der Waals surface area (Å²) in [4.78, 5) is 26.7. The number of nitrogens with zero attached hydrogens (tertiary/aromatic N) is 1. The third-order valence-electron chi connectivity index (χ3n) is 4.64. The molecular formula is C18H24N2O3. The largest absolute Gasteiger partial charge is 0.444 e. The molecule has 0 aromatic heterocycles. The van der Waals surface area contributed by atoms with Gasteiger partial charge in [-0.1, -0.05) is 30.3 Å². The Kier molecular flexibility index (Phi) is 3.62. The minimum atomic E-state index is -0.745. The Morgan fingerprint density at radius 2 is 2.00 bits per heavy atom. The van der Waals surface area contributed by atoms with Crippen molar-refractivity contribution in [3.05, 3.63) is 35.9 Å². The van der Waals surface area contributed by atoms with Gasteiger partial charge in [-0.3, -0.25) is 4.79 Å². The number of ether oxygens (including phenoxy) is 1. The summed E-state index contributed by atoms with van der Waals surface area (Å²) in [5.41, 5.74) is -0.204. The average molecular weight is 316 g/mol. The van der Waals surface area contributed by atoms with Gasteiger partial charge in [0, 0.05) is 12.5 Å². The molecule has 0 radical (unpaired) electrons. The second-order valence-corrected chi connectivity index (χ2v) is 7.54. The number of likely N-dealkylation sites (tertiary alicyclic amines) is 1. The maximum absolute atomic E-state index is 12.8. The molecule has 124 valence electrons. The third-order valence-corrected chi connectivity index (χ3v) is 4.64. The Balaban J connectivity index is 1.69. The number of hydrogen-bond acceptors (Lipinski definition) is 3. The van der Waals surface area contributed by atoms with Gasteiger partial charge in [0.25, 0.3) is 0 Å². The van der Waals surface area contributed by atoms with Crippen molar-refractivity contribution in [2.45, 2.75) is 51.3 Å². The zero-order valence-corrected chi connectivity index (χ0v) is 14.1. The van der Waals surface area contributed by atoms with E-state index in [2.05, 4.69) is 5.32 Å². The minimum absolute atomic E-state index is 0.00436. The number of benzene rings is 1. The molecule has 1 saturated heterocycles. The van der Waals surface area contributed by atoms with Gasteiger partial charge in [-0.2, -0.15) is 0 Å². The standard InChI is InChI=1S/C18H24N2O3/c1-12(13-8-6-5-7-9-13)20-11-14-10-18(14,15(20)21)19-16(22)23-17(2,3)4/h5-9,12,14H,10-11H2,1-4H3,(H,19,22)/t12-,14+,18-/m0/s1. The summed E-state index contributed by atoms with van der Waals surface area (Å²) in [5.74, 6) is 0.193. The summed E-state index contributed by atoms with van der Waals surface area (Å²) < 4.78 is 5.30. The van der Waals surface area contributed by atoms with Crippen LogP contribution in [-0.2, 0) is 9.53 Å². The van der Waals surface area contributed by atoms with E-state index in [0.717, 1.165) is 5.56 Å². The third kappa shape index (κ3) is 2.92. The molecule has 0 unspecified atom stereocenters. The number of fused-ring (bicyclic) bond motifs is 1. The Morgan fingerprint density at radius 1 is 1.35 bits per heavy atom. The number of carbonyl (C=O) groups excluding carboxylic acids is 2. The first-order chi connectivity index (χ1) is 10.7. The highest BCUT2D eigenvalue weighted by Crippen LogP contribution is 2.52. The minimum Gasteiger partial charge on any atom is -0.444 e. The summed E-state index contributed by atoms with van der Waals surface area (Å²) in [6.07, 6.45) is 0.200. The lowest BCUT2D eigenvalue weighted by atomic mass is 10.1. The second-order valence-electron chi connectivity index (χ2n) is 7.54. The van der Waals surface area contributed by atoms with Crippen molar-refractivity contribution < 1.29 is 14.3 Å². The smallest absolute Gasteiger partial charge is 0.408 e. The van der Waals surface area contributed by atoms with E-state index >= 15 is 0 Å². The molecule has 0 spiro atoms. The van der Waals surface area contributed by atoms with E-state index in [1.54, 1.807) is 0 Å². The van der Waals surface area contributed by atoms with Crippen LogP contribution in [0.5, 0.6) is 0 Å². The second kappa shape index (κ2) is 5.25. The topological polar surface area (TPSA) is 58.6 Å². The molecule has 1 saturated carbocycles. The number of carbonyl (C=O) groups is 2. The highest BCUT2D eigenvalue weighted by atomic mass is 16.6. The Hall–Kier alpha value is -2.04. The molecule has 1 aromatic rings. The highest BCUT2D eigenvalue weighted by Gasteiger charge is 2.68. The molecule has 1 aromatic carbocycles. The normalized spacial score (nSPS) is 27.4. The summed E-state index contributed by atoms with van der Waals surface area (Å²) in [5, 5.41) is 2.82. The summed E-state index contributed by atoms with van der Waals surface area (Å²) >= 11 is 0. The highest BCUT2D eigenvalue weighted by molar-refractivity contribution is 5.96. The van der Waals surface area contributed by atoms with Gasteiger partial charge in [0.05, 0.1) is 6.04 Å². The molecule has 3 atom stereocenters. The van der Waals surface area contributed by atoms with Crippen molar-refractivity contribution >= 4 is 12.0 Å². The molecule has 2 fully saturated rings. The maximum atomic E-state index is 12.8. The predicted octanol–water partition coefficient (Wildman–Crippen LogP) is 2.87. The van der Waals surface area contributed by atoms with Gasteiger partial charge in [-0.05, 0) is 39.7 Å². The van der Waals surface area contributed by atoms with E-state index < -0.39 is 17.2 Å². The molecule has 2 aliphatic rings. The Bertz CT molecular complexity index is 623. The fourth-order valence-corrected chi connectivity index (χ4v) is 3.33. The zero-order chi connectivity index (χ0) is 16.8. The van der Waals surface area contributed by atoms with E-state index in [-0.39, 0.29) is 17.9 Å². The van der Waals surface area contributed by atoms with Crippen LogP contribution in [-0.4, -0.2) is 34.6 Å². The first-order valence-electron chi connectivity index (χ1n) is 8.10. The van der Waals surface area contributed by atoms with Crippen LogP contribution in [0.25, 0.3) is 0 Å². The van der Waals surface area contributed by atoms with Crippen molar-refractivity contribution in [2.75, 3.05) is 6.54 Å². The summed E-state index contributed by atoms with van der Waals surface area (Å²) in [6.45, 7) is 8.16.